The minimum atomic E-state index is -0.135. The number of ether oxygens (including phenoxy) is 2. The van der Waals surface area contributed by atoms with Gasteiger partial charge in [-0.3, -0.25) is 4.90 Å². The van der Waals surface area contributed by atoms with Gasteiger partial charge in [-0.25, -0.2) is 0 Å². The second-order valence-electron chi connectivity index (χ2n) is 4.87. The van der Waals surface area contributed by atoms with Crippen molar-refractivity contribution in [2.75, 3.05) is 47.1 Å². The summed E-state index contributed by atoms with van der Waals surface area (Å²) in [5, 5.41) is 1.09. The molecule has 0 bridgehead atoms. The molecule has 1 atom stereocenters. The maximum absolute atomic E-state index is 6.24. The summed E-state index contributed by atoms with van der Waals surface area (Å²) in [7, 11) is 3.40. The van der Waals surface area contributed by atoms with Crippen LogP contribution < -0.4 is 5.73 Å². The van der Waals surface area contributed by atoms with E-state index in [2.05, 4.69) is 4.90 Å². The van der Waals surface area contributed by atoms with Gasteiger partial charge in [-0.2, -0.15) is 0 Å². The predicted octanol–water partition coefficient (Wildman–Crippen LogP) is 2.98. The first-order valence-electron chi connectivity index (χ1n) is 6.99. The van der Waals surface area contributed by atoms with Crippen LogP contribution in [0, 0.1) is 0 Å². The Bertz CT molecular complexity index is 411. The normalized spacial score (nSPS) is 12.9. The van der Waals surface area contributed by atoms with Gasteiger partial charge in [-0.15, -0.1) is 0 Å². The molecule has 1 unspecified atom stereocenters. The van der Waals surface area contributed by atoms with Crippen molar-refractivity contribution >= 4 is 23.2 Å². The van der Waals surface area contributed by atoms with Crippen LogP contribution in [0.2, 0.25) is 10.0 Å². The Hall–Kier alpha value is -0.360. The molecule has 2 N–H and O–H groups in total. The molecule has 0 saturated carbocycles. The third-order valence-electron chi connectivity index (χ3n) is 3.36. The van der Waals surface area contributed by atoms with Gasteiger partial charge in [0.05, 0.1) is 23.3 Å². The highest BCUT2D eigenvalue weighted by molar-refractivity contribution is 6.42. The average molecular weight is 335 g/mol. The first kappa shape index (κ1) is 18.7. The van der Waals surface area contributed by atoms with E-state index in [0.29, 0.717) is 23.3 Å². The summed E-state index contributed by atoms with van der Waals surface area (Å²) in [5.41, 5.74) is 7.13. The van der Waals surface area contributed by atoms with E-state index in [0.717, 1.165) is 31.6 Å². The minimum Gasteiger partial charge on any atom is -0.383 e. The van der Waals surface area contributed by atoms with Crippen LogP contribution in [0.4, 0.5) is 0 Å². The van der Waals surface area contributed by atoms with Crippen LogP contribution in [0.15, 0.2) is 18.2 Å². The minimum absolute atomic E-state index is 0.135. The average Bonchev–Trinajstić information content (AvgIpc) is 2.49. The Balaban J connectivity index is 2.55. The van der Waals surface area contributed by atoms with Crippen molar-refractivity contribution in [1.82, 2.24) is 4.90 Å². The molecule has 1 rings (SSSR count). The highest BCUT2D eigenvalue weighted by Crippen LogP contribution is 2.30. The highest BCUT2D eigenvalue weighted by atomic mass is 35.5. The largest absolute Gasteiger partial charge is 0.383 e. The molecule has 0 aliphatic heterocycles. The van der Waals surface area contributed by atoms with Crippen molar-refractivity contribution in [2.24, 2.45) is 5.73 Å². The smallest absolute Gasteiger partial charge is 0.0640 e. The lowest BCUT2D eigenvalue weighted by Gasteiger charge is -2.23. The summed E-state index contributed by atoms with van der Waals surface area (Å²) in [6.07, 6.45) is 0.799. The second kappa shape index (κ2) is 10.4. The van der Waals surface area contributed by atoms with Crippen molar-refractivity contribution in [3.05, 3.63) is 33.8 Å². The van der Waals surface area contributed by atoms with Gasteiger partial charge < -0.3 is 15.2 Å². The summed E-state index contributed by atoms with van der Waals surface area (Å²) >= 11 is 12.2. The van der Waals surface area contributed by atoms with E-state index < -0.39 is 0 Å². The van der Waals surface area contributed by atoms with Gasteiger partial charge in [0, 0.05) is 39.9 Å². The van der Waals surface area contributed by atoms with Crippen molar-refractivity contribution < 1.29 is 9.47 Å². The summed E-state index contributed by atoms with van der Waals surface area (Å²) in [5.74, 6) is 0. The van der Waals surface area contributed by atoms with E-state index in [4.69, 9.17) is 38.4 Å². The highest BCUT2D eigenvalue weighted by Gasteiger charge is 2.14. The molecule has 0 aromatic heterocycles. The number of hydrogen-bond donors (Lipinski definition) is 1. The molecule has 0 saturated heterocycles. The van der Waals surface area contributed by atoms with Gasteiger partial charge >= 0.3 is 0 Å². The summed E-state index contributed by atoms with van der Waals surface area (Å²) in [6.45, 7) is 3.95. The monoisotopic (exact) mass is 334 g/mol. The summed E-state index contributed by atoms with van der Waals surface area (Å²) in [4.78, 5) is 2.27. The molecule has 6 heteroatoms. The van der Waals surface area contributed by atoms with E-state index in [1.165, 1.54) is 0 Å². The first-order valence-corrected chi connectivity index (χ1v) is 7.75. The SMILES string of the molecule is COCCN(CCOC)CCC(N)c1cccc(Cl)c1Cl. The number of nitrogens with zero attached hydrogens (tertiary/aromatic N) is 1. The lowest BCUT2D eigenvalue weighted by molar-refractivity contribution is 0.112. The molecule has 0 aliphatic rings. The van der Waals surface area contributed by atoms with Crippen molar-refractivity contribution in [1.29, 1.82) is 0 Å². The number of hydrogen-bond acceptors (Lipinski definition) is 4. The van der Waals surface area contributed by atoms with Crippen LogP contribution >= 0.6 is 23.2 Å². The van der Waals surface area contributed by atoms with Gasteiger partial charge in [0.1, 0.15) is 0 Å². The van der Waals surface area contributed by atoms with Gasteiger partial charge in [0.25, 0.3) is 0 Å². The molecule has 4 nitrogen and oxygen atoms in total. The first-order chi connectivity index (χ1) is 10.1. The van der Waals surface area contributed by atoms with Crippen molar-refractivity contribution in [3.63, 3.8) is 0 Å². The van der Waals surface area contributed by atoms with E-state index in [1.54, 1.807) is 20.3 Å². The lowest BCUT2D eigenvalue weighted by Crippen LogP contribution is -2.33. The van der Waals surface area contributed by atoms with E-state index >= 15 is 0 Å². The number of methoxy groups -OCH3 is 2. The summed E-state index contributed by atoms with van der Waals surface area (Å²) in [6, 6.07) is 5.43. The molecule has 0 heterocycles. The summed E-state index contributed by atoms with van der Waals surface area (Å²) < 4.78 is 10.3. The fourth-order valence-electron chi connectivity index (χ4n) is 2.06. The molecule has 120 valence electrons. The topological polar surface area (TPSA) is 47.7 Å². The van der Waals surface area contributed by atoms with Crippen LogP contribution in [0.1, 0.15) is 18.0 Å². The Morgan fingerprint density at radius 1 is 1.10 bits per heavy atom. The Morgan fingerprint density at radius 2 is 1.71 bits per heavy atom. The molecule has 21 heavy (non-hydrogen) atoms. The zero-order chi connectivity index (χ0) is 15.7. The number of nitrogens with two attached hydrogens (primary N) is 1. The van der Waals surface area contributed by atoms with Crippen molar-refractivity contribution in [2.45, 2.75) is 12.5 Å². The van der Waals surface area contributed by atoms with Crippen LogP contribution in [0.3, 0.4) is 0 Å². The molecular weight excluding hydrogens is 311 g/mol. The molecule has 0 fully saturated rings. The Labute approximate surface area is 137 Å². The van der Waals surface area contributed by atoms with Crippen LogP contribution in [0.25, 0.3) is 0 Å². The molecule has 0 radical (unpaired) electrons. The second-order valence-corrected chi connectivity index (χ2v) is 5.65. The van der Waals surface area contributed by atoms with E-state index in [9.17, 15) is 0 Å². The third-order valence-corrected chi connectivity index (χ3v) is 4.19. The zero-order valence-corrected chi connectivity index (χ0v) is 14.2. The predicted molar refractivity (Wildman–Crippen MR) is 88.2 cm³/mol. The standard InChI is InChI=1S/C15H24Cl2N2O2/c1-20-10-8-19(9-11-21-2)7-6-14(18)12-4-3-5-13(16)15(12)17/h3-5,14H,6-11,18H2,1-2H3. The third kappa shape index (κ3) is 6.51. The molecule has 0 spiro atoms. The van der Waals surface area contributed by atoms with Crippen LogP contribution in [-0.2, 0) is 9.47 Å². The maximum Gasteiger partial charge on any atom is 0.0640 e. The van der Waals surface area contributed by atoms with Gasteiger partial charge in [0.2, 0.25) is 0 Å². The van der Waals surface area contributed by atoms with Gasteiger partial charge in [-0.1, -0.05) is 35.3 Å². The van der Waals surface area contributed by atoms with Gasteiger partial charge in [-0.05, 0) is 18.1 Å². The molecule has 0 amide bonds. The fraction of sp³-hybridized carbons (Fsp3) is 0.600. The molecule has 0 aliphatic carbocycles. The van der Waals surface area contributed by atoms with E-state index in [-0.39, 0.29) is 6.04 Å². The van der Waals surface area contributed by atoms with Crippen molar-refractivity contribution in [3.8, 4) is 0 Å². The Morgan fingerprint density at radius 3 is 2.29 bits per heavy atom. The number of benzene rings is 1. The maximum atomic E-state index is 6.24. The van der Waals surface area contributed by atoms with Crippen LogP contribution in [0.5, 0.6) is 0 Å². The number of rotatable bonds is 10. The zero-order valence-electron chi connectivity index (χ0n) is 12.6. The van der Waals surface area contributed by atoms with Gasteiger partial charge in [0.15, 0.2) is 0 Å². The number of halogens is 2. The van der Waals surface area contributed by atoms with Crippen LogP contribution in [-0.4, -0.2) is 52.0 Å². The quantitative estimate of drug-likeness (QED) is 0.714. The molecular formula is C15H24Cl2N2O2. The van der Waals surface area contributed by atoms with E-state index in [1.807, 2.05) is 12.1 Å². The fourth-order valence-corrected chi connectivity index (χ4v) is 2.51. The Kier molecular flexibility index (Phi) is 9.24. The molecule has 1 aromatic carbocycles. The lowest BCUT2D eigenvalue weighted by atomic mass is 10.0. The molecule has 1 aromatic rings.